The summed E-state index contributed by atoms with van der Waals surface area (Å²) in [6.45, 7) is 18.7. The highest BCUT2D eigenvalue weighted by atomic mass is 79.9. The van der Waals surface area contributed by atoms with Gasteiger partial charge in [-0.05, 0) is 52.0 Å². The first-order chi connectivity index (χ1) is 22.1. The Morgan fingerprint density at radius 3 is 2.40 bits per heavy atom. The molecule has 3 fully saturated rings. The zero-order valence-corrected chi connectivity index (χ0v) is 29.9. The summed E-state index contributed by atoms with van der Waals surface area (Å²) in [5, 5.41) is 13.5. The fraction of sp³-hybridized carbons (Fsp3) is 0.611. The van der Waals surface area contributed by atoms with E-state index in [1.165, 1.54) is 4.90 Å². The predicted octanol–water partition coefficient (Wildman–Crippen LogP) is 4.32. The molecule has 0 aliphatic carbocycles. The standard InChI is InChI=1S/C36H50BrN3O7/c1-9-11-17-26(42)38-22(5)29(23-15-13-12-14-16-23)46-34(45)27-28-32(43)40(25(20-41)21(3)4)31(36(28)19-24(37)30(27)47-36)33(44)39(18-10-2)35(6,7)8/h9-10,12-16,21-22,24-25,27-31,41H,1-2,11,17-20H2,3-8H3,(H,38,42)/t22-,24?,25-,27-,28+,29-,30-,31-,36+/m0/s1. The van der Waals surface area contributed by atoms with Gasteiger partial charge in [0.1, 0.15) is 17.7 Å². The zero-order valence-electron chi connectivity index (χ0n) is 28.4. The quantitative estimate of drug-likeness (QED) is 0.167. The largest absolute Gasteiger partial charge is 0.455 e. The number of hydrogen-bond acceptors (Lipinski definition) is 7. The number of benzene rings is 1. The smallest absolute Gasteiger partial charge is 0.313 e. The van der Waals surface area contributed by atoms with Crippen molar-refractivity contribution in [2.24, 2.45) is 17.8 Å². The van der Waals surface area contributed by atoms with E-state index >= 15 is 0 Å². The number of carbonyl (C=O) groups excluding carboxylic acids is 4. The molecule has 3 aliphatic rings. The number of allylic oxidation sites excluding steroid dienone is 1. The van der Waals surface area contributed by atoms with Crippen molar-refractivity contribution >= 4 is 39.6 Å². The topological polar surface area (TPSA) is 125 Å². The van der Waals surface area contributed by atoms with Crippen LogP contribution in [0.2, 0.25) is 0 Å². The molecule has 9 atom stereocenters. The van der Waals surface area contributed by atoms with Gasteiger partial charge in [-0.3, -0.25) is 19.2 Å². The minimum absolute atomic E-state index is 0.188. The number of halogens is 1. The minimum atomic E-state index is -1.32. The lowest BCUT2D eigenvalue weighted by molar-refractivity contribution is -0.163. The van der Waals surface area contributed by atoms with E-state index in [1.54, 1.807) is 24.0 Å². The molecule has 3 aliphatic heterocycles. The number of likely N-dealkylation sites (tertiary alicyclic amines) is 1. The first-order valence-corrected chi connectivity index (χ1v) is 17.4. The van der Waals surface area contributed by atoms with E-state index in [0.717, 1.165) is 0 Å². The van der Waals surface area contributed by atoms with Crippen LogP contribution >= 0.6 is 15.9 Å². The lowest BCUT2D eigenvalue weighted by Crippen LogP contribution is -2.62. The van der Waals surface area contributed by atoms with Gasteiger partial charge in [0.15, 0.2) is 0 Å². The van der Waals surface area contributed by atoms with E-state index in [9.17, 15) is 24.3 Å². The van der Waals surface area contributed by atoms with Crippen LogP contribution in [0, 0.1) is 17.8 Å². The third-order valence-corrected chi connectivity index (χ3v) is 10.6. The normalized spacial score (nSPS) is 28.4. The van der Waals surface area contributed by atoms with E-state index in [1.807, 2.05) is 65.0 Å². The number of carbonyl (C=O) groups is 4. The molecule has 3 amide bonds. The molecule has 258 valence electrons. The summed E-state index contributed by atoms with van der Waals surface area (Å²) in [5.74, 6) is -3.79. The summed E-state index contributed by atoms with van der Waals surface area (Å²) in [6, 6.07) is 6.80. The maximum atomic E-state index is 14.7. The Morgan fingerprint density at radius 2 is 1.85 bits per heavy atom. The van der Waals surface area contributed by atoms with Gasteiger partial charge in [-0.2, -0.15) is 0 Å². The third-order valence-electron chi connectivity index (χ3n) is 9.72. The van der Waals surface area contributed by atoms with Crippen LogP contribution in [-0.2, 0) is 28.7 Å². The predicted molar refractivity (Wildman–Crippen MR) is 182 cm³/mol. The zero-order chi connectivity index (χ0) is 34.8. The van der Waals surface area contributed by atoms with Crippen molar-refractivity contribution in [3.05, 3.63) is 61.2 Å². The summed E-state index contributed by atoms with van der Waals surface area (Å²) >= 11 is 3.72. The van der Waals surface area contributed by atoms with Gasteiger partial charge in [0, 0.05) is 23.3 Å². The molecular weight excluding hydrogens is 666 g/mol. The second-order valence-electron chi connectivity index (χ2n) is 14.3. The monoisotopic (exact) mass is 715 g/mol. The number of nitrogens with zero attached hydrogens (tertiary/aromatic N) is 2. The Bertz CT molecular complexity index is 1350. The number of fused-ring (bicyclic) bond motifs is 1. The summed E-state index contributed by atoms with van der Waals surface area (Å²) < 4.78 is 12.9. The van der Waals surface area contributed by atoms with Gasteiger partial charge in [-0.25, -0.2) is 0 Å². The highest BCUT2D eigenvalue weighted by Crippen LogP contribution is 2.61. The number of nitrogens with one attached hydrogen (secondary N) is 1. The highest BCUT2D eigenvalue weighted by Gasteiger charge is 2.78. The Morgan fingerprint density at radius 1 is 1.19 bits per heavy atom. The Labute approximate surface area is 287 Å². The number of rotatable bonds is 14. The number of esters is 1. The average molecular weight is 717 g/mol. The number of amides is 3. The molecule has 2 N–H and O–H groups in total. The number of ether oxygens (including phenoxy) is 2. The van der Waals surface area contributed by atoms with Gasteiger partial charge in [-0.15, -0.1) is 13.2 Å². The molecule has 4 rings (SSSR count). The van der Waals surface area contributed by atoms with Crippen molar-refractivity contribution in [1.29, 1.82) is 0 Å². The van der Waals surface area contributed by atoms with E-state index in [-0.39, 0.29) is 42.1 Å². The number of alkyl halides is 1. The van der Waals surface area contributed by atoms with Crippen molar-refractivity contribution in [2.75, 3.05) is 13.2 Å². The fourth-order valence-corrected chi connectivity index (χ4v) is 8.45. The van der Waals surface area contributed by atoms with Gasteiger partial charge in [-0.1, -0.05) is 72.3 Å². The summed E-state index contributed by atoms with van der Waals surface area (Å²) in [7, 11) is 0. The maximum absolute atomic E-state index is 14.7. The summed E-state index contributed by atoms with van der Waals surface area (Å²) in [6.07, 6.45) is 2.81. The Balaban J connectivity index is 1.76. The molecule has 1 aromatic carbocycles. The van der Waals surface area contributed by atoms with Gasteiger partial charge >= 0.3 is 5.97 Å². The fourth-order valence-electron chi connectivity index (χ4n) is 7.50. The minimum Gasteiger partial charge on any atom is -0.455 e. The van der Waals surface area contributed by atoms with Crippen molar-refractivity contribution in [2.45, 2.75) is 107 Å². The molecule has 47 heavy (non-hydrogen) atoms. The van der Waals surface area contributed by atoms with Crippen LogP contribution in [0.3, 0.4) is 0 Å². The van der Waals surface area contributed by atoms with Gasteiger partial charge < -0.3 is 29.7 Å². The first-order valence-electron chi connectivity index (χ1n) is 16.5. The number of aliphatic hydroxyl groups excluding tert-OH is 1. The van der Waals surface area contributed by atoms with Gasteiger partial charge in [0.2, 0.25) is 17.7 Å². The molecule has 0 aromatic heterocycles. The second-order valence-corrected chi connectivity index (χ2v) is 15.4. The second kappa shape index (κ2) is 14.6. The molecule has 0 saturated carbocycles. The molecule has 2 bridgehead atoms. The molecule has 0 radical (unpaired) electrons. The van der Waals surface area contributed by atoms with E-state index in [2.05, 4.69) is 34.4 Å². The van der Waals surface area contributed by atoms with Crippen molar-refractivity contribution < 1.29 is 33.8 Å². The maximum Gasteiger partial charge on any atom is 0.313 e. The molecule has 1 spiro atoms. The van der Waals surface area contributed by atoms with Crippen molar-refractivity contribution in [3.8, 4) is 0 Å². The van der Waals surface area contributed by atoms with Crippen LogP contribution in [0.1, 0.15) is 72.5 Å². The highest BCUT2D eigenvalue weighted by molar-refractivity contribution is 9.09. The Hall–Kier alpha value is -3.02. The molecule has 11 heteroatoms. The lowest BCUT2D eigenvalue weighted by Gasteiger charge is -2.44. The van der Waals surface area contributed by atoms with Crippen LogP contribution in [0.25, 0.3) is 0 Å². The molecule has 3 saturated heterocycles. The van der Waals surface area contributed by atoms with Crippen LogP contribution in [0.5, 0.6) is 0 Å². The van der Waals surface area contributed by atoms with Crippen LogP contribution in [0.15, 0.2) is 55.6 Å². The van der Waals surface area contributed by atoms with Crippen LogP contribution in [0.4, 0.5) is 0 Å². The van der Waals surface area contributed by atoms with E-state index in [4.69, 9.17) is 9.47 Å². The average Bonchev–Trinajstić information content (AvgIpc) is 3.60. The molecule has 1 unspecified atom stereocenters. The molecule has 10 nitrogen and oxygen atoms in total. The van der Waals surface area contributed by atoms with Gasteiger partial charge in [0.25, 0.3) is 0 Å². The van der Waals surface area contributed by atoms with Crippen molar-refractivity contribution in [3.63, 3.8) is 0 Å². The van der Waals surface area contributed by atoms with Crippen molar-refractivity contribution in [1.82, 2.24) is 15.1 Å². The van der Waals surface area contributed by atoms with Crippen LogP contribution < -0.4 is 5.32 Å². The van der Waals surface area contributed by atoms with Gasteiger partial charge in [0.05, 0.1) is 36.6 Å². The summed E-state index contributed by atoms with van der Waals surface area (Å²) in [4.78, 5) is 59.2. The summed E-state index contributed by atoms with van der Waals surface area (Å²) in [5.41, 5.74) is -1.25. The van der Waals surface area contributed by atoms with Crippen LogP contribution in [-0.4, -0.2) is 91.9 Å². The van der Waals surface area contributed by atoms with E-state index < -0.39 is 65.2 Å². The lowest BCUT2D eigenvalue weighted by atomic mass is 9.70. The Kier molecular flexibility index (Phi) is 11.4. The molecule has 1 aromatic rings. The SMILES string of the molecule is C=CCCC(=O)N[C@@H](C)[C@H](OC(=O)[C@@H]1[C@H]2O[C@@]3(CC2Br)[C@H](C(=O)N(CC=C)C(C)(C)C)N([C@@H](CO)C(C)C)C(=O)[C@@H]13)c1ccccc1. The molecular formula is C36H50BrN3O7. The molecule has 3 heterocycles. The number of aliphatic hydroxyl groups is 1. The third kappa shape index (κ3) is 6.94. The van der Waals surface area contributed by atoms with E-state index in [0.29, 0.717) is 18.4 Å². The number of hydrogen-bond donors (Lipinski definition) is 2. The first kappa shape index (κ1) is 36.8.